The topological polar surface area (TPSA) is 88.4 Å². The third-order valence-corrected chi connectivity index (χ3v) is 5.93. The lowest BCUT2D eigenvalue weighted by molar-refractivity contribution is 0.0943. The molecule has 6 nitrogen and oxygen atoms in total. The molecule has 1 amide bonds. The lowest BCUT2D eigenvalue weighted by Gasteiger charge is -2.22. The molecule has 1 fully saturated rings. The van der Waals surface area contributed by atoms with Crippen molar-refractivity contribution in [2.24, 2.45) is 0 Å². The molecule has 25 heavy (non-hydrogen) atoms. The van der Waals surface area contributed by atoms with Crippen molar-refractivity contribution in [3.63, 3.8) is 0 Å². The molecule has 7 heteroatoms. The van der Waals surface area contributed by atoms with Gasteiger partial charge in [-0.25, -0.2) is 8.42 Å². The molecular weight excluding hydrogens is 340 g/mol. The number of carbonyl (C=O) groups is 1. The van der Waals surface area contributed by atoms with Crippen molar-refractivity contribution in [2.75, 3.05) is 0 Å². The Bertz CT molecular complexity index is 834. The van der Waals surface area contributed by atoms with Crippen molar-refractivity contribution in [1.29, 1.82) is 0 Å². The van der Waals surface area contributed by atoms with Crippen LogP contribution in [0.4, 0.5) is 0 Å². The van der Waals surface area contributed by atoms with E-state index in [-0.39, 0.29) is 10.5 Å². The summed E-state index contributed by atoms with van der Waals surface area (Å²) in [7, 11) is -3.82. The Labute approximate surface area is 147 Å². The van der Waals surface area contributed by atoms with E-state index in [0.29, 0.717) is 11.7 Å². The van der Waals surface area contributed by atoms with Gasteiger partial charge in [0.2, 0.25) is 0 Å². The molecule has 3 rings (SSSR count). The van der Waals surface area contributed by atoms with Gasteiger partial charge in [0.25, 0.3) is 15.9 Å². The number of furan rings is 1. The second-order valence-electron chi connectivity index (χ2n) is 6.35. The fourth-order valence-electron chi connectivity index (χ4n) is 3.22. The van der Waals surface area contributed by atoms with E-state index in [2.05, 4.69) is 10.3 Å². The molecule has 1 aliphatic carbocycles. The Kier molecular flexibility index (Phi) is 5.24. The van der Waals surface area contributed by atoms with Crippen LogP contribution in [0.3, 0.4) is 0 Å². The number of sulfonamides is 1. The van der Waals surface area contributed by atoms with Gasteiger partial charge in [0.15, 0.2) is 0 Å². The van der Waals surface area contributed by atoms with Gasteiger partial charge in [0.1, 0.15) is 5.76 Å². The van der Waals surface area contributed by atoms with Crippen LogP contribution in [0.25, 0.3) is 0 Å². The molecule has 0 spiro atoms. The molecule has 0 bridgehead atoms. The Morgan fingerprint density at radius 3 is 2.36 bits per heavy atom. The van der Waals surface area contributed by atoms with Gasteiger partial charge in [-0.3, -0.25) is 10.2 Å². The zero-order chi connectivity index (χ0) is 17.9. The standard InChI is InChI=1S/C18H22N2O4S/c1-13-17(11-12-24-13)18(21)19-20-25(22,23)16-9-7-15(8-10-16)14-5-3-2-4-6-14/h7-12,14,20H,2-6H2,1H3,(H,19,21). The predicted molar refractivity (Wildman–Crippen MR) is 93.5 cm³/mol. The molecule has 1 aromatic heterocycles. The summed E-state index contributed by atoms with van der Waals surface area (Å²) in [6, 6.07) is 8.39. The van der Waals surface area contributed by atoms with Crippen LogP contribution in [-0.2, 0) is 10.0 Å². The zero-order valence-corrected chi connectivity index (χ0v) is 14.9. The summed E-state index contributed by atoms with van der Waals surface area (Å²) in [5.74, 6) is 0.379. The van der Waals surface area contributed by atoms with Crippen LogP contribution in [0.15, 0.2) is 45.9 Å². The van der Waals surface area contributed by atoms with E-state index in [1.54, 1.807) is 19.1 Å². The highest BCUT2D eigenvalue weighted by Gasteiger charge is 2.19. The van der Waals surface area contributed by atoms with Crippen LogP contribution in [0.5, 0.6) is 0 Å². The van der Waals surface area contributed by atoms with Crippen LogP contribution < -0.4 is 10.3 Å². The average molecular weight is 362 g/mol. The highest BCUT2D eigenvalue weighted by molar-refractivity contribution is 7.89. The van der Waals surface area contributed by atoms with Crippen molar-refractivity contribution >= 4 is 15.9 Å². The fourth-order valence-corrected chi connectivity index (χ4v) is 4.05. The van der Waals surface area contributed by atoms with Gasteiger partial charge in [-0.1, -0.05) is 31.4 Å². The van der Waals surface area contributed by atoms with Crippen LogP contribution in [-0.4, -0.2) is 14.3 Å². The van der Waals surface area contributed by atoms with Crippen molar-refractivity contribution in [1.82, 2.24) is 10.3 Å². The number of hydrazine groups is 1. The van der Waals surface area contributed by atoms with Crippen molar-refractivity contribution in [3.8, 4) is 0 Å². The fraction of sp³-hybridized carbons (Fsp3) is 0.389. The Hall–Kier alpha value is -2.12. The lowest BCUT2D eigenvalue weighted by Crippen LogP contribution is -2.41. The number of rotatable bonds is 5. The summed E-state index contributed by atoms with van der Waals surface area (Å²) in [4.78, 5) is 14.2. The van der Waals surface area contributed by atoms with E-state index in [1.165, 1.54) is 37.2 Å². The van der Waals surface area contributed by atoms with Gasteiger partial charge in [-0.05, 0) is 49.4 Å². The first-order valence-electron chi connectivity index (χ1n) is 8.43. The highest BCUT2D eigenvalue weighted by Crippen LogP contribution is 2.32. The van der Waals surface area contributed by atoms with Crippen molar-refractivity contribution < 1.29 is 17.6 Å². The van der Waals surface area contributed by atoms with E-state index >= 15 is 0 Å². The van der Waals surface area contributed by atoms with Gasteiger partial charge in [0.05, 0.1) is 16.7 Å². The van der Waals surface area contributed by atoms with Gasteiger partial charge < -0.3 is 4.42 Å². The lowest BCUT2D eigenvalue weighted by atomic mass is 9.84. The Morgan fingerprint density at radius 2 is 1.76 bits per heavy atom. The summed E-state index contributed by atoms with van der Waals surface area (Å²) in [5.41, 5.74) is 3.67. The van der Waals surface area contributed by atoms with Gasteiger partial charge in [-0.15, -0.1) is 4.83 Å². The average Bonchev–Trinajstić information content (AvgIpc) is 3.07. The molecule has 0 aliphatic heterocycles. The number of hydrogen-bond acceptors (Lipinski definition) is 4. The number of nitrogens with one attached hydrogen (secondary N) is 2. The summed E-state index contributed by atoms with van der Waals surface area (Å²) in [5, 5.41) is 0. The number of aryl methyl sites for hydroxylation is 1. The molecule has 134 valence electrons. The molecule has 1 aliphatic rings. The van der Waals surface area contributed by atoms with Crippen LogP contribution >= 0.6 is 0 Å². The number of amides is 1. The molecule has 0 unspecified atom stereocenters. The number of hydrogen-bond donors (Lipinski definition) is 2. The van der Waals surface area contributed by atoms with Gasteiger partial charge in [0, 0.05) is 0 Å². The van der Waals surface area contributed by atoms with Crippen molar-refractivity contribution in [3.05, 3.63) is 53.5 Å². The van der Waals surface area contributed by atoms with Crippen molar-refractivity contribution in [2.45, 2.75) is 49.8 Å². The maximum Gasteiger partial charge on any atom is 0.269 e. The van der Waals surface area contributed by atoms with Crippen LogP contribution in [0, 0.1) is 6.92 Å². The summed E-state index contributed by atoms with van der Waals surface area (Å²) >= 11 is 0. The molecule has 1 aromatic carbocycles. The Morgan fingerprint density at radius 1 is 1.08 bits per heavy atom. The zero-order valence-electron chi connectivity index (χ0n) is 14.1. The molecule has 2 N–H and O–H groups in total. The summed E-state index contributed by atoms with van der Waals surface area (Å²) in [6.07, 6.45) is 7.43. The second-order valence-corrected chi connectivity index (χ2v) is 8.04. The molecule has 0 saturated heterocycles. The molecular formula is C18H22N2O4S. The first kappa shape index (κ1) is 17.7. The minimum Gasteiger partial charge on any atom is -0.469 e. The molecule has 0 radical (unpaired) electrons. The maximum absolute atomic E-state index is 12.3. The Balaban J connectivity index is 1.65. The summed E-state index contributed by atoms with van der Waals surface area (Å²) in [6.45, 7) is 1.63. The third-order valence-electron chi connectivity index (χ3n) is 4.67. The minimum absolute atomic E-state index is 0.122. The minimum atomic E-state index is -3.82. The predicted octanol–water partition coefficient (Wildman–Crippen LogP) is 3.26. The largest absolute Gasteiger partial charge is 0.469 e. The third kappa shape index (κ3) is 4.11. The van der Waals surface area contributed by atoms with Crippen LogP contribution in [0.2, 0.25) is 0 Å². The SMILES string of the molecule is Cc1occc1C(=O)NNS(=O)(=O)c1ccc(C2CCCCC2)cc1. The van der Waals surface area contributed by atoms with E-state index in [0.717, 1.165) is 12.8 Å². The van der Waals surface area contributed by atoms with E-state index in [9.17, 15) is 13.2 Å². The first-order chi connectivity index (χ1) is 12.0. The van der Waals surface area contributed by atoms with Crippen LogP contribution in [0.1, 0.15) is 59.7 Å². The number of carbonyl (C=O) groups excluding carboxylic acids is 1. The second kappa shape index (κ2) is 7.41. The van der Waals surface area contributed by atoms with Gasteiger partial charge in [-0.2, -0.15) is 0 Å². The molecule has 2 aromatic rings. The van der Waals surface area contributed by atoms with E-state index < -0.39 is 15.9 Å². The van der Waals surface area contributed by atoms with E-state index in [1.807, 2.05) is 12.1 Å². The van der Waals surface area contributed by atoms with E-state index in [4.69, 9.17) is 4.42 Å². The first-order valence-corrected chi connectivity index (χ1v) is 9.92. The normalized spacial score (nSPS) is 15.9. The number of benzene rings is 1. The molecule has 0 atom stereocenters. The summed E-state index contributed by atoms with van der Waals surface area (Å²) < 4.78 is 29.7. The molecule has 1 saturated carbocycles. The van der Waals surface area contributed by atoms with Gasteiger partial charge >= 0.3 is 0 Å². The monoisotopic (exact) mass is 362 g/mol. The maximum atomic E-state index is 12.3. The quantitative estimate of drug-likeness (QED) is 0.799. The molecule has 1 heterocycles. The smallest absolute Gasteiger partial charge is 0.269 e. The highest BCUT2D eigenvalue weighted by atomic mass is 32.2.